The first-order chi connectivity index (χ1) is 13.4. The van der Waals surface area contributed by atoms with Crippen molar-refractivity contribution in [1.29, 1.82) is 0 Å². The molecule has 1 aliphatic heterocycles. The van der Waals surface area contributed by atoms with Gasteiger partial charge in [0.1, 0.15) is 22.1 Å². The van der Waals surface area contributed by atoms with Crippen molar-refractivity contribution in [2.24, 2.45) is 0 Å². The molecule has 2 heterocycles. The van der Waals surface area contributed by atoms with Crippen LogP contribution < -0.4 is 10.4 Å². The molecule has 8 heteroatoms. The van der Waals surface area contributed by atoms with Crippen LogP contribution in [0.25, 0.3) is 11.0 Å². The van der Waals surface area contributed by atoms with Crippen LogP contribution in [0.3, 0.4) is 0 Å². The van der Waals surface area contributed by atoms with Gasteiger partial charge in [-0.1, -0.05) is 18.2 Å². The van der Waals surface area contributed by atoms with E-state index >= 15 is 0 Å². The van der Waals surface area contributed by atoms with Crippen molar-refractivity contribution < 1.29 is 22.4 Å². The fourth-order valence-electron chi connectivity index (χ4n) is 3.14. The van der Waals surface area contributed by atoms with Crippen molar-refractivity contribution in [2.45, 2.75) is 10.1 Å². The molecule has 0 aliphatic carbocycles. The van der Waals surface area contributed by atoms with Crippen LogP contribution in [0.1, 0.15) is 10.4 Å². The lowest BCUT2D eigenvalue weighted by molar-refractivity contribution is 0.0654. The fourth-order valence-corrected chi connectivity index (χ4v) is 4.79. The van der Waals surface area contributed by atoms with E-state index in [2.05, 4.69) is 0 Å². The van der Waals surface area contributed by atoms with Crippen molar-refractivity contribution in [3.63, 3.8) is 0 Å². The third-order valence-electron chi connectivity index (χ3n) is 4.83. The molecule has 1 fully saturated rings. The molecule has 144 valence electrons. The number of amides is 1. The van der Waals surface area contributed by atoms with Gasteiger partial charge in [-0.2, -0.15) is 0 Å². The van der Waals surface area contributed by atoms with Gasteiger partial charge < -0.3 is 14.1 Å². The first kappa shape index (κ1) is 18.2. The van der Waals surface area contributed by atoms with E-state index < -0.39 is 26.6 Å². The average Bonchev–Trinajstić information content (AvgIpc) is 2.66. The van der Waals surface area contributed by atoms with Gasteiger partial charge in [0, 0.05) is 18.5 Å². The largest absolute Gasteiger partial charge is 0.497 e. The number of fused-ring (bicyclic) bond motifs is 1. The number of carbonyl (C=O) groups is 1. The zero-order valence-electron chi connectivity index (χ0n) is 15.0. The molecule has 7 nitrogen and oxygen atoms in total. The number of hydrogen-bond acceptors (Lipinski definition) is 6. The lowest BCUT2D eigenvalue weighted by atomic mass is 10.1. The Balaban J connectivity index is 1.52. The summed E-state index contributed by atoms with van der Waals surface area (Å²) >= 11 is 0. The summed E-state index contributed by atoms with van der Waals surface area (Å²) in [5, 5.41) is -0.0780. The first-order valence-electron chi connectivity index (χ1n) is 8.60. The van der Waals surface area contributed by atoms with Crippen LogP contribution in [-0.4, -0.2) is 44.7 Å². The van der Waals surface area contributed by atoms with Crippen LogP contribution in [-0.2, 0) is 9.84 Å². The molecule has 0 saturated carbocycles. The Morgan fingerprint density at radius 2 is 1.79 bits per heavy atom. The molecule has 1 amide bonds. The van der Waals surface area contributed by atoms with E-state index in [9.17, 15) is 18.0 Å². The number of hydrogen-bond donors (Lipinski definition) is 0. The summed E-state index contributed by atoms with van der Waals surface area (Å²) in [6, 6.07) is 14.5. The Morgan fingerprint density at radius 3 is 2.46 bits per heavy atom. The summed E-state index contributed by atoms with van der Waals surface area (Å²) < 4.78 is 35.6. The van der Waals surface area contributed by atoms with Crippen LogP contribution in [0, 0.1) is 0 Å². The van der Waals surface area contributed by atoms with Crippen molar-refractivity contribution >= 4 is 26.7 Å². The lowest BCUT2D eigenvalue weighted by Crippen LogP contribution is -2.57. The molecule has 1 saturated heterocycles. The average molecular weight is 399 g/mol. The highest BCUT2D eigenvalue weighted by atomic mass is 32.2. The Labute approximate surface area is 161 Å². The molecule has 0 spiro atoms. The van der Waals surface area contributed by atoms with E-state index in [0.717, 1.165) is 0 Å². The van der Waals surface area contributed by atoms with E-state index in [1.54, 1.807) is 36.4 Å². The summed E-state index contributed by atoms with van der Waals surface area (Å²) in [6.45, 7) is 0.0545. The maximum absolute atomic E-state index is 12.7. The number of nitrogens with zero attached hydrogens (tertiary/aromatic N) is 1. The van der Waals surface area contributed by atoms with Gasteiger partial charge in [0.25, 0.3) is 5.91 Å². The predicted octanol–water partition coefficient (Wildman–Crippen LogP) is 2.10. The number of carbonyl (C=O) groups excluding carboxylic acids is 1. The fraction of sp³-hybridized carbons (Fsp3) is 0.200. The number of para-hydroxylation sites is 1. The predicted molar refractivity (Wildman–Crippen MR) is 102 cm³/mol. The normalized spacial score (nSPS) is 14.7. The standard InChI is InChI=1S/C20H17NO6S/c1-26-14-6-8-15(9-7-14)28(24,25)16-11-21(12-16)19(22)17-10-13-4-2-3-5-18(13)27-20(17)23/h2-10,16H,11-12H2,1H3. The van der Waals surface area contributed by atoms with E-state index in [0.29, 0.717) is 16.7 Å². The molecule has 1 aliphatic rings. The Hall–Kier alpha value is -3.13. The highest BCUT2D eigenvalue weighted by Gasteiger charge is 2.41. The smallest absolute Gasteiger partial charge is 0.349 e. The van der Waals surface area contributed by atoms with Crippen LogP contribution >= 0.6 is 0 Å². The minimum Gasteiger partial charge on any atom is -0.497 e. The maximum atomic E-state index is 12.7. The molecule has 2 aromatic carbocycles. The second-order valence-corrected chi connectivity index (χ2v) is 8.77. The molecule has 0 N–H and O–H groups in total. The van der Waals surface area contributed by atoms with Crippen LogP contribution in [0.2, 0.25) is 0 Å². The molecule has 4 rings (SSSR count). The van der Waals surface area contributed by atoms with Gasteiger partial charge in [-0.15, -0.1) is 0 Å². The van der Waals surface area contributed by atoms with Gasteiger partial charge >= 0.3 is 5.63 Å². The second-order valence-electron chi connectivity index (χ2n) is 6.54. The monoisotopic (exact) mass is 399 g/mol. The zero-order valence-corrected chi connectivity index (χ0v) is 15.8. The molecular formula is C20H17NO6S. The molecular weight excluding hydrogens is 382 g/mol. The quantitative estimate of drug-likeness (QED) is 0.624. The topological polar surface area (TPSA) is 93.9 Å². The highest BCUT2D eigenvalue weighted by Crippen LogP contribution is 2.26. The Kier molecular flexibility index (Phi) is 4.43. The van der Waals surface area contributed by atoms with Crippen LogP contribution in [0.5, 0.6) is 5.75 Å². The zero-order chi connectivity index (χ0) is 19.9. The van der Waals surface area contributed by atoms with Gasteiger partial charge in [-0.3, -0.25) is 4.79 Å². The lowest BCUT2D eigenvalue weighted by Gasteiger charge is -2.38. The number of methoxy groups -OCH3 is 1. The minimum atomic E-state index is -3.57. The number of ether oxygens (including phenoxy) is 1. The van der Waals surface area contributed by atoms with E-state index in [1.807, 2.05) is 0 Å². The van der Waals surface area contributed by atoms with Crippen LogP contribution in [0.4, 0.5) is 0 Å². The van der Waals surface area contributed by atoms with E-state index in [4.69, 9.17) is 9.15 Å². The van der Waals surface area contributed by atoms with E-state index in [-0.39, 0.29) is 23.5 Å². The summed E-state index contributed by atoms with van der Waals surface area (Å²) in [5.74, 6) is 0.0353. The molecule has 3 aromatic rings. The molecule has 28 heavy (non-hydrogen) atoms. The first-order valence-corrected chi connectivity index (χ1v) is 10.1. The maximum Gasteiger partial charge on any atom is 0.349 e. The second kappa shape index (κ2) is 6.79. The molecule has 0 unspecified atom stereocenters. The number of likely N-dealkylation sites (tertiary alicyclic amines) is 1. The van der Waals surface area contributed by atoms with Crippen molar-refractivity contribution in [1.82, 2.24) is 4.90 Å². The molecule has 0 bridgehead atoms. The summed E-state index contributed by atoms with van der Waals surface area (Å²) in [6.07, 6.45) is 0. The van der Waals surface area contributed by atoms with Crippen LogP contribution in [0.15, 0.2) is 68.7 Å². The van der Waals surface area contributed by atoms with Gasteiger partial charge in [-0.05, 0) is 36.4 Å². The van der Waals surface area contributed by atoms with Gasteiger partial charge in [0.15, 0.2) is 9.84 Å². The van der Waals surface area contributed by atoms with Gasteiger partial charge in [0.2, 0.25) is 0 Å². The highest BCUT2D eigenvalue weighted by molar-refractivity contribution is 7.92. The third kappa shape index (κ3) is 3.05. The summed E-state index contributed by atoms with van der Waals surface area (Å²) in [7, 11) is -2.07. The van der Waals surface area contributed by atoms with Gasteiger partial charge in [-0.25, -0.2) is 13.2 Å². The Bertz CT molecular complexity index is 1210. The minimum absolute atomic E-state index is 0.0272. The summed E-state index contributed by atoms with van der Waals surface area (Å²) in [4.78, 5) is 26.3. The molecule has 0 atom stereocenters. The third-order valence-corrected chi connectivity index (χ3v) is 6.94. The number of sulfone groups is 1. The molecule has 0 radical (unpaired) electrons. The number of rotatable bonds is 4. The Morgan fingerprint density at radius 1 is 1.11 bits per heavy atom. The SMILES string of the molecule is COc1ccc(S(=O)(=O)C2CN(C(=O)c3cc4ccccc4oc3=O)C2)cc1. The number of benzene rings is 2. The van der Waals surface area contributed by atoms with Crippen molar-refractivity contribution in [3.05, 3.63) is 70.6 Å². The summed E-state index contributed by atoms with van der Waals surface area (Å²) in [5.41, 5.74) is -0.434. The van der Waals surface area contributed by atoms with Crippen molar-refractivity contribution in [2.75, 3.05) is 20.2 Å². The molecule has 1 aromatic heterocycles. The van der Waals surface area contributed by atoms with Gasteiger partial charge in [0.05, 0.1) is 12.0 Å². The van der Waals surface area contributed by atoms with E-state index in [1.165, 1.54) is 30.2 Å². The van der Waals surface area contributed by atoms with Crippen molar-refractivity contribution in [3.8, 4) is 5.75 Å².